The third-order valence-electron chi connectivity index (χ3n) is 5.97. The van der Waals surface area contributed by atoms with Gasteiger partial charge in [0, 0.05) is 12.2 Å². The number of hydrogen-bond donors (Lipinski definition) is 1. The molecule has 1 aliphatic heterocycles. The molecule has 1 N–H and O–H groups in total. The molecule has 34 heavy (non-hydrogen) atoms. The fourth-order valence-electron chi connectivity index (χ4n) is 4.06. The van der Waals surface area contributed by atoms with Crippen molar-refractivity contribution >= 4 is 34.2 Å². The lowest BCUT2D eigenvalue weighted by Crippen LogP contribution is -2.45. The summed E-state index contributed by atoms with van der Waals surface area (Å²) in [5, 5.41) is 10.2. The molecule has 0 aliphatic carbocycles. The van der Waals surface area contributed by atoms with Crippen LogP contribution < -0.4 is 5.32 Å². The van der Waals surface area contributed by atoms with Gasteiger partial charge in [-0.15, -0.1) is 11.3 Å². The highest BCUT2D eigenvalue weighted by molar-refractivity contribution is 7.80. The normalized spacial score (nSPS) is 16.1. The molecule has 0 radical (unpaired) electrons. The fourth-order valence-corrected chi connectivity index (χ4v) is 5.02. The van der Waals surface area contributed by atoms with Crippen LogP contribution in [0.15, 0.2) is 76.3 Å². The van der Waals surface area contributed by atoms with Gasteiger partial charge in [-0.3, -0.25) is 0 Å². The summed E-state index contributed by atoms with van der Waals surface area (Å²) < 4.78 is 19.4. The maximum Gasteiger partial charge on any atom is 0.258 e. The first kappa shape index (κ1) is 22.4. The number of nitrogens with zero attached hydrogens (tertiary/aromatic N) is 3. The van der Waals surface area contributed by atoms with Crippen LogP contribution in [0.4, 0.5) is 4.39 Å². The van der Waals surface area contributed by atoms with Crippen LogP contribution in [0.1, 0.15) is 42.5 Å². The number of aryl methyl sites for hydroxylation is 1. The van der Waals surface area contributed by atoms with E-state index in [0.717, 1.165) is 33.7 Å². The number of hydrogen-bond acceptors (Lipinski definition) is 5. The molecular formula is C26H23FN4OS2. The first-order valence-electron chi connectivity index (χ1n) is 11.0. The Balaban J connectivity index is 1.57. The van der Waals surface area contributed by atoms with Crippen LogP contribution in [0.5, 0.6) is 0 Å². The summed E-state index contributed by atoms with van der Waals surface area (Å²) in [4.78, 5) is 7.67. The van der Waals surface area contributed by atoms with Gasteiger partial charge in [-0.2, -0.15) is 4.98 Å². The smallest absolute Gasteiger partial charge is 0.258 e. The molecule has 1 aliphatic rings. The second-order valence-electron chi connectivity index (χ2n) is 8.09. The second-order valence-corrected chi connectivity index (χ2v) is 9.42. The summed E-state index contributed by atoms with van der Waals surface area (Å²) in [6, 6.07) is 18.5. The minimum absolute atomic E-state index is 0.292. The van der Waals surface area contributed by atoms with Crippen molar-refractivity contribution in [3.05, 3.63) is 100 Å². The van der Waals surface area contributed by atoms with Crippen LogP contribution in [0, 0.1) is 5.82 Å². The van der Waals surface area contributed by atoms with Crippen LogP contribution in [0.2, 0.25) is 0 Å². The van der Waals surface area contributed by atoms with E-state index in [1.54, 1.807) is 23.5 Å². The molecule has 172 valence electrons. The van der Waals surface area contributed by atoms with Gasteiger partial charge < -0.3 is 14.7 Å². The van der Waals surface area contributed by atoms with E-state index in [4.69, 9.17) is 21.7 Å². The number of rotatable bonds is 6. The van der Waals surface area contributed by atoms with Crippen molar-refractivity contribution < 1.29 is 8.91 Å². The largest absolute Gasteiger partial charge is 0.351 e. The molecule has 0 saturated carbocycles. The highest BCUT2D eigenvalue weighted by atomic mass is 32.1. The molecule has 0 spiro atoms. The molecule has 0 amide bonds. The van der Waals surface area contributed by atoms with Crippen molar-refractivity contribution in [1.82, 2.24) is 20.4 Å². The highest BCUT2D eigenvalue weighted by Gasteiger charge is 2.34. The van der Waals surface area contributed by atoms with E-state index in [-0.39, 0.29) is 11.9 Å². The van der Waals surface area contributed by atoms with Crippen molar-refractivity contribution in [2.45, 2.75) is 32.9 Å². The van der Waals surface area contributed by atoms with Gasteiger partial charge >= 0.3 is 0 Å². The summed E-state index contributed by atoms with van der Waals surface area (Å²) >= 11 is 7.32. The minimum Gasteiger partial charge on any atom is -0.351 e. The van der Waals surface area contributed by atoms with Gasteiger partial charge in [0.25, 0.3) is 5.89 Å². The molecule has 5 rings (SSSR count). The average Bonchev–Trinajstić information content (AvgIpc) is 3.55. The maximum absolute atomic E-state index is 13.6. The molecule has 4 aromatic rings. The molecule has 2 aromatic carbocycles. The Kier molecular flexibility index (Phi) is 6.26. The molecule has 8 heteroatoms. The third-order valence-corrected chi connectivity index (χ3v) is 7.17. The predicted octanol–water partition coefficient (Wildman–Crippen LogP) is 6.36. The standard InChI is InChI=1S/C26H23FN4OS2/c1-3-17-6-8-18(9-7-17)15-31-16(2)22(25-29-24(30-32-25)21-5-4-14-34-21)23(28-26(31)33)19-10-12-20(27)13-11-19/h4-14,23H,3,15H2,1-2H3,(H,28,33). The first-order valence-corrected chi connectivity index (χ1v) is 12.3. The molecule has 1 unspecified atom stereocenters. The maximum atomic E-state index is 13.6. The van der Waals surface area contributed by atoms with Crippen LogP contribution in [0.3, 0.4) is 0 Å². The lowest BCUT2D eigenvalue weighted by atomic mass is 9.94. The van der Waals surface area contributed by atoms with E-state index < -0.39 is 0 Å². The van der Waals surface area contributed by atoms with Crippen molar-refractivity contribution in [2.75, 3.05) is 0 Å². The Morgan fingerprint density at radius 3 is 2.50 bits per heavy atom. The number of nitrogens with one attached hydrogen (secondary N) is 1. The molecule has 0 saturated heterocycles. The van der Waals surface area contributed by atoms with E-state index in [9.17, 15) is 4.39 Å². The Hall–Kier alpha value is -3.36. The molecule has 1 atom stereocenters. The van der Waals surface area contributed by atoms with Gasteiger partial charge in [-0.1, -0.05) is 54.5 Å². The van der Waals surface area contributed by atoms with Gasteiger partial charge in [0.2, 0.25) is 5.82 Å². The highest BCUT2D eigenvalue weighted by Crippen LogP contribution is 2.38. The average molecular weight is 491 g/mol. The molecule has 5 nitrogen and oxygen atoms in total. The summed E-state index contributed by atoms with van der Waals surface area (Å²) in [6.07, 6.45) is 0.996. The van der Waals surface area contributed by atoms with Gasteiger partial charge in [-0.05, 0) is 65.8 Å². The number of halogens is 1. The van der Waals surface area contributed by atoms with Crippen molar-refractivity contribution in [3.63, 3.8) is 0 Å². The number of aromatic nitrogens is 2. The van der Waals surface area contributed by atoms with E-state index in [1.165, 1.54) is 17.7 Å². The minimum atomic E-state index is -0.344. The Morgan fingerprint density at radius 1 is 1.09 bits per heavy atom. The monoisotopic (exact) mass is 490 g/mol. The molecule has 3 heterocycles. The lowest BCUT2D eigenvalue weighted by molar-refractivity contribution is 0.396. The molecule has 2 aromatic heterocycles. The Morgan fingerprint density at radius 2 is 1.82 bits per heavy atom. The van der Waals surface area contributed by atoms with E-state index in [2.05, 4.69) is 41.7 Å². The van der Waals surface area contributed by atoms with Crippen LogP contribution in [-0.4, -0.2) is 20.2 Å². The first-order chi connectivity index (χ1) is 16.5. The molecule has 0 bridgehead atoms. The zero-order chi connectivity index (χ0) is 23.7. The summed E-state index contributed by atoms with van der Waals surface area (Å²) in [5.74, 6) is 0.661. The number of thiophene rings is 1. The van der Waals surface area contributed by atoms with Gasteiger partial charge in [0.15, 0.2) is 5.11 Å². The van der Waals surface area contributed by atoms with Crippen LogP contribution in [-0.2, 0) is 13.0 Å². The quantitative estimate of drug-likeness (QED) is 0.317. The zero-order valence-corrected chi connectivity index (χ0v) is 20.4. The van der Waals surface area contributed by atoms with Gasteiger partial charge in [0.1, 0.15) is 5.82 Å². The second kappa shape index (κ2) is 9.48. The fraction of sp³-hybridized carbons (Fsp3) is 0.192. The van der Waals surface area contributed by atoms with Crippen molar-refractivity contribution in [3.8, 4) is 10.7 Å². The van der Waals surface area contributed by atoms with E-state index >= 15 is 0 Å². The van der Waals surface area contributed by atoms with E-state index in [0.29, 0.717) is 23.4 Å². The predicted molar refractivity (Wildman–Crippen MR) is 136 cm³/mol. The topological polar surface area (TPSA) is 54.2 Å². The van der Waals surface area contributed by atoms with Gasteiger partial charge in [-0.25, -0.2) is 4.39 Å². The lowest BCUT2D eigenvalue weighted by Gasteiger charge is -2.37. The SMILES string of the molecule is CCc1ccc(CN2C(=S)NC(c3ccc(F)cc3)C(c3nc(-c4cccs4)no3)=C2C)cc1. The molecular weight excluding hydrogens is 467 g/mol. The third kappa shape index (κ3) is 4.38. The summed E-state index contributed by atoms with van der Waals surface area (Å²) in [5.41, 5.74) is 5.03. The Labute approximate surface area is 206 Å². The van der Waals surface area contributed by atoms with Gasteiger partial charge in [0.05, 0.1) is 16.5 Å². The van der Waals surface area contributed by atoms with E-state index in [1.807, 2.05) is 29.3 Å². The zero-order valence-electron chi connectivity index (χ0n) is 18.8. The van der Waals surface area contributed by atoms with Crippen LogP contribution >= 0.6 is 23.6 Å². The van der Waals surface area contributed by atoms with Crippen LogP contribution in [0.25, 0.3) is 16.3 Å². The van der Waals surface area contributed by atoms with Crippen molar-refractivity contribution in [1.29, 1.82) is 0 Å². The number of benzene rings is 2. The summed E-state index contributed by atoms with van der Waals surface area (Å²) in [6.45, 7) is 4.75. The van der Waals surface area contributed by atoms with Crippen molar-refractivity contribution in [2.24, 2.45) is 0 Å². The molecule has 0 fully saturated rings. The number of thiocarbonyl (C=S) groups is 1. The summed E-state index contributed by atoms with van der Waals surface area (Å²) in [7, 11) is 0. The number of allylic oxidation sites excluding steroid dienone is 1. The Bertz CT molecular complexity index is 1330.